The van der Waals surface area contributed by atoms with Crippen LogP contribution in [0, 0.1) is 11.3 Å². The Morgan fingerprint density at radius 2 is 2.00 bits per heavy atom. The second-order valence-corrected chi connectivity index (χ2v) is 5.91. The van der Waals surface area contributed by atoms with Gasteiger partial charge in [0, 0.05) is 11.3 Å². The largest absolute Gasteiger partial charge is 0.494 e. The molecule has 0 bridgehead atoms. The summed E-state index contributed by atoms with van der Waals surface area (Å²) in [6.07, 6.45) is -0.193. The van der Waals surface area contributed by atoms with Crippen LogP contribution in [0.3, 0.4) is 0 Å². The van der Waals surface area contributed by atoms with E-state index in [-0.39, 0.29) is 12.3 Å². The Morgan fingerprint density at radius 1 is 1.23 bits per heavy atom. The van der Waals surface area contributed by atoms with E-state index in [1.807, 2.05) is 6.92 Å². The first-order valence-corrected chi connectivity index (χ1v) is 8.22. The zero-order chi connectivity index (χ0) is 18.7. The number of methoxy groups -OCH3 is 1. The predicted octanol–water partition coefficient (Wildman–Crippen LogP) is 2.76. The van der Waals surface area contributed by atoms with Gasteiger partial charge in [-0.25, -0.2) is 0 Å². The molecule has 1 aliphatic rings. The van der Waals surface area contributed by atoms with Crippen LogP contribution in [0.25, 0.3) is 0 Å². The van der Waals surface area contributed by atoms with Crippen molar-refractivity contribution >= 4 is 17.6 Å². The Morgan fingerprint density at radius 3 is 2.69 bits per heavy atom. The standard InChI is InChI=1S/C20H18N2O4/c1-3-26-17-7-5-4-6-14(17)20(11-18(23)25-2)15-10-13(12-21)8-9-16(15)22-19(20)24/h4-10H,3,11H2,1-2H3,(H,22,24). The van der Waals surface area contributed by atoms with Gasteiger partial charge in [0.25, 0.3) is 0 Å². The van der Waals surface area contributed by atoms with Gasteiger partial charge in [-0.15, -0.1) is 0 Å². The quantitative estimate of drug-likeness (QED) is 0.838. The molecule has 2 aromatic carbocycles. The molecule has 132 valence electrons. The predicted molar refractivity (Wildman–Crippen MR) is 94.8 cm³/mol. The molecule has 26 heavy (non-hydrogen) atoms. The van der Waals surface area contributed by atoms with Gasteiger partial charge in [0.05, 0.1) is 31.8 Å². The highest BCUT2D eigenvalue weighted by atomic mass is 16.5. The summed E-state index contributed by atoms with van der Waals surface area (Å²) in [6.45, 7) is 2.26. The molecule has 0 spiro atoms. The number of nitrogens with one attached hydrogen (secondary N) is 1. The summed E-state index contributed by atoms with van der Waals surface area (Å²) in [6, 6.07) is 14.1. The van der Waals surface area contributed by atoms with Gasteiger partial charge in [0.2, 0.25) is 5.91 Å². The number of esters is 1. The maximum absolute atomic E-state index is 13.1. The molecule has 0 fully saturated rings. The number of para-hydroxylation sites is 1. The molecule has 1 atom stereocenters. The summed E-state index contributed by atoms with van der Waals surface area (Å²) in [5.74, 6) is -0.355. The zero-order valence-electron chi connectivity index (χ0n) is 14.5. The topological polar surface area (TPSA) is 88.4 Å². The Labute approximate surface area is 151 Å². The first-order valence-electron chi connectivity index (χ1n) is 8.22. The average molecular weight is 350 g/mol. The molecule has 0 aliphatic carbocycles. The number of hydrogen-bond acceptors (Lipinski definition) is 5. The SMILES string of the molecule is CCOc1ccccc1C1(CC(=O)OC)C(=O)Nc2ccc(C#N)cc21. The number of ether oxygens (including phenoxy) is 2. The van der Waals surface area contributed by atoms with E-state index in [9.17, 15) is 14.9 Å². The van der Waals surface area contributed by atoms with Crippen LogP contribution in [-0.4, -0.2) is 25.6 Å². The lowest BCUT2D eigenvalue weighted by Crippen LogP contribution is -2.38. The lowest BCUT2D eigenvalue weighted by atomic mass is 9.72. The minimum atomic E-state index is -1.32. The second-order valence-electron chi connectivity index (χ2n) is 5.91. The third-order valence-corrected chi connectivity index (χ3v) is 4.53. The zero-order valence-corrected chi connectivity index (χ0v) is 14.5. The number of carbonyl (C=O) groups is 2. The first kappa shape index (κ1) is 17.5. The number of nitriles is 1. The number of rotatable bonds is 5. The molecular weight excluding hydrogens is 332 g/mol. The van der Waals surface area contributed by atoms with Gasteiger partial charge in [-0.05, 0) is 36.8 Å². The number of amides is 1. The number of nitrogens with zero attached hydrogens (tertiary/aromatic N) is 1. The second kappa shape index (κ2) is 6.89. The van der Waals surface area contributed by atoms with Crippen molar-refractivity contribution in [3.05, 3.63) is 59.2 Å². The molecule has 6 heteroatoms. The highest BCUT2D eigenvalue weighted by Crippen LogP contribution is 2.48. The molecule has 0 radical (unpaired) electrons. The average Bonchev–Trinajstić information content (AvgIpc) is 2.94. The number of anilines is 1. The third kappa shape index (κ3) is 2.68. The van der Waals surface area contributed by atoms with E-state index in [2.05, 4.69) is 11.4 Å². The van der Waals surface area contributed by atoms with Gasteiger partial charge in [0.15, 0.2) is 0 Å². The van der Waals surface area contributed by atoms with E-state index >= 15 is 0 Å². The fourth-order valence-corrected chi connectivity index (χ4v) is 3.35. The van der Waals surface area contributed by atoms with Crippen LogP contribution in [0.2, 0.25) is 0 Å². The Hall–Kier alpha value is -3.33. The monoisotopic (exact) mass is 350 g/mol. The maximum Gasteiger partial charge on any atom is 0.307 e. The number of carbonyl (C=O) groups excluding carboxylic acids is 2. The molecule has 6 nitrogen and oxygen atoms in total. The van der Waals surface area contributed by atoms with Crippen molar-refractivity contribution in [1.82, 2.24) is 0 Å². The molecule has 0 saturated heterocycles. The van der Waals surface area contributed by atoms with Crippen molar-refractivity contribution < 1.29 is 19.1 Å². The van der Waals surface area contributed by atoms with Gasteiger partial charge in [-0.1, -0.05) is 18.2 Å². The lowest BCUT2D eigenvalue weighted by Gasteiger charge is -2.29. The minimum absolute atomic E-state index is 0.193. The van der Waals surface area contributed by atoms with Crippen LogP contribution in [0.15, 0.2) is 42.5 Å². The normalized spacial score (nSPS) is 17.8. The molecular formula is C20H18N2O4. The van der Waals surface area contributed by atoms with Gasteiger partial charge in [0.1, 0.15) is 11.2 Å². The summed E-state index contributed by atoms with van der Waals surface area (Å²) in [5.41, 5.74) is 0.798. The van der Waals surface area contributed by atoms with Crippen LogP contribution in [0.1, 0.15) is 30.0 Å². The lowest BCUT2D eigenvalue weighted by molar-refractivity contribution is -0.143. The van der Waals surface area contributed by atoms with E-state index in [1.165, 1.54) is 7.11 Å². The van der Waals surface area contributed by atoms with Gasteiger partial charge in [-0.3, -0.25) is 9.59 Å². The van der Waals surface area contributed by atoms with Crippen molar-refractivity contribution in [2.24, 2.45) is 0 Å². The molecule has 1 aliphatic heterocycles. The van der Waals surface area contributed by atoms with Gasteiger partial charge in [-0.2, -0.15) is 5.26 Å². The molecule has 3 rings (SSSR count). The first-order chi connectivity index (χ1) is 12.6. The Bertz CT molecular complexity index is 916. The van der Waals surface area contributed by atoms with Crippen molar-refractivity contribution in [3.63, 3.8) is 0 Å². The molecule has 1 N–H and O–H groups in total. The van der Waals surface area contributed by atoms with Crippen LogP contribution in [0.4, 0.5) is 5.69 Å². The summed E-state index contributed by atoms with van der Waals surface area (Å²) in [4.78, 5) is 25.3. The summed E-state index contributed by atoms with van der Waals surface area (Å²) >= 11 is 0. The van der Waals surface area contributed by atoms with Crippen molar-refractivity contribution in [2.75, 3.05) is 19.0 Å². The third-order valence-electron chi connectivity index (χ3n) is 4.53. The summed E-state index contributed by atoms with van der Waals surface area (Å²) in [7, 11) is 1.28. The Balaban J connectivity index is 2.31. The molecule has 1 heterocycles. The van der Waals surface area contributed by atoms with Crippen molar-refractivity contribution in [1.29, 1.82) is 5.26 Å². The maximum atomic E-state index is 13.1. The number of hydrogen-bond donors (Lipinski definition) is 1. The van der Waals surface area contributed by atoms with Crippen molar-refractivity contribution in [3.8, 4) is 11.8 Å². The molecule has 1 amide bonds. The van der Waals surface area contributed by atoms with Gasteiger partial charge < -0.3 is 14.8 Å². The molecule has 0 saturated carbocycles. The number of fused-ring (bicyclic) bond motifs is 1. The fourth-order valence-electron chi connectivity index (χ4n) is 3.35. The van der Waals surface area contributed by atoms with Crippen LogP contribution >= 0.6 is 0 Å². The molecule has 1 unspecified atom stereocenters. The minimum Gasteiger partial charge on any atom is -0.494 e. The summed E-state index contributed by atoms with van der Waals surface area (Å²) < 4.78 is 10.6. The van der Waals surface area contributed by atoms with Gasteiger partial charge >= 0.3 is 5.97 Å². The van der Waals surface area contributed by atoms with Crippen LogP contribution in [-0.2, 0) is 19.7 Å². The molecule has 2 aromatic rings. The smallest absolute Gasteiger partial charge is 0.307 e. The fraction of sp³-hybridized carbons (Fsp3) is 0.250. The number of benzene rings is 2. The van der Waals surface area contributed by atoms with E-state index in [0.717, 1.165) is 0 Å². The van der Waals surface area contributed by atoms with E-state index in [0.29, 0.717) is 34.7 Å². The van der Waals surface area contributed by atoms with E-state index in [1.54, 1.807) is 42.5 Å². The van der Waals surface area contributed by atoms with Crippen LogP contribution < -0.4 is 10.1 Å². The Kier molecular flexibility index (Phi) is 4.63. The van der Waals surface area contributed by atoms with E-state index in [4.69, 9.17) is 9.47 Å². The highest BCUT2D eigenvalue weighted by Gasteiger charge is 2.51. The molecule has 0 aromatic heterocycles. The van der Waals surface area contributed by atoms with Crippen molar-refractivity contribution in [2.45, 2.75) is 18.8 Å². The summed E-state index contributed by atoms with van der Waals surface area (Å²) in [5, 5.41) is 12.1. The van der Waals surface area contributed by atoms with E-state index < -0.39 is 11.4 Å². The highest BCUT2D eigenvalue weighted by molar-refractivity contribution is 6.11. The van der Waals surface area contributed by atoms with Crippen LogP contribution in [0.5, 0.6) is 5.75 Å².